The monoisotopic (exact) mass is 227 g/mol. The van der Waals surface area contributed by atoms with Crippen molar-refractivity contribution in [3.8, 4) is 0 Å². The SMILES string of the molecule is Nc1nsc(NCCCN2CCCC2)n1. The zero-order valence-electron chi connectivity index (χ0n) is 8.78. The molecule has 0 aliphatic carbocycles. The highest BCUT2D eigenvalue weighted by molar-refractivity contribution is 7.09. The summed E-state index contributed by atoms with van der Waals surface area (Å²) in [4.78, 5) is 6.55. The largest absolute Gasteiger partial charge is 0.367 e. The van der Waals surface area contributed by atoms with E-state index in [0.717, 1.165) is 18.1 Å². The predicted octanol–water partition coefficient (Wildman–Crippen LogP) is 1.02. The average Bonchev–Trinajstić information content (AvgIpc) is 2.84. The molecule has 0 amide bonds. The minimum atomic E-state index is 0.363. The zero-order chi connectivity index (χ0) is 10.5. The highest BCUT2D eigenvalue weighted by Gasteiger charge is 2.10. The lowest BCUT2D eigenvalue weighted by Crippen LogP contribution is -2.22. The summed E-state index contributed by atoms with van der Waals surface area (Å²) in [6, 6.07) is 0. The second-order valence-corrected chi connectivity index (χ2v) is 4.54. The van der Waals surface area contributed by atoms with Crippen LogP contribution in [-0.2, 0) is 0 Å². The Bertz CT molecular complexity index is 294. The van der Waals surface area contributed by atoms with Crippen LogP contribution in [0, 0.1) is 0 Å². The third-order valence-corrected chi connectivity index (χ3v) is 3.25. The van der Waals surface area contributed by atoms with Gasteiger partial charge in [0.1, 0.15) is 0 Å². The Balaban J connectivity index is 1.58. The van der Waals surface area contributed by atoms with Gasteiger partial charge in [-0.15, -0.1) is 0 Å². The summed E-state index contributed by atoms with van der Waals surface area (Å²) >= 11 is 1.32. The molecule has 0 spiro atoms. The first-order valence-corrected chi connectivity index (χ1v) is 6.17. The van der Waals surface area contributed by atoms with Crippen LogP contribution >= 0.6 is 11.5 Å². The standard InChI is InChI=1S/C9H17N5S/c10-8-12-9(15-13-8)11-4-3-7-14-5-1-2-6-14/h1-7H2,(H3,10,11,12,13). The number of rotatable bonds is 5. The van der Waals surface area contributed by atoms with E-state index in [4.69, 9.17) is 5.73 Å². The second-order valence-electron chi connectivity index (χ2n) is 3.79. The van der Waals surface area contributed by atoms with Crippen LogP contribution in [0.1, 0.15) is 19.3 Å². The summed E-state index contributed by atoms with van der Waals surface area (Å²) in [6.45, 7) is 4.67. The maximum atomic E-state index is 5.42. The molecular formula is C9H17N5S. The van der Waals surface area contributed by atoms with Gasteiger partial charge >= 0.3 is 0 Å². The molecule has 1 aromatic heterocycles. The second kappa shape index (κ2) is 5.27. The molecule has 1 saturated heterocycles. The topological polar surface area (TPSA) is 67.1 Å². The third-order valence-electron chi connectivity index (χ3n) is 2.57. The average molecular weight is 227 g/mol. The van der Waals surface area contributed by atoms with Crippen molar-refractivity contribution in [1.82, 2.24) is 14.3 Å². The van der Waals surface area contributed by atoms with E-state index in [9.17, 15) is 0 Å². The molecule has 2 rings (SSSR count). The van der Waals surface area contributed by atoms with Crippen LogP contribution in [0.4, 0.5) is 11.1 Å². The number of hydrogen-bond acceptors (Lipinski definition) is 6. The minimum Gasteiger partial charge on any atom is -0.367 e. The molecule has 0 bridgehead atoms. The Kier molecular flexibility index (Phi) is 3.74. The number of nitrogens with zero attached hydrogens (tertiary/aromatic N) is 3. The summed E-state index contributed by atoms with van der Waals surface area (Å²) in [5.74, 6) is 0.363. The van der Waals surface area contributed by atoms with E-state index in [2.05, 4.69) is 19.6 Å². The fourth-order valence-corrected chi connectivity index (χ4v) is 2.33. The summed E-state index contributed by atoms with van der Waals surface area (Å²) in [7, 11) is 0. The molecule has 2 heterocycles. The number of likely N-dealkylation sites (tertiary alicyclic amines) is 1. The smallest absolute Gasteiger partial charge is 0.233 e. The van der Waals surface area contributed by atoms with Crippen molar-refractivity contribution >= 4 is 22.6 Å². The van der Waals surface area contributed by atoms with Gasteiger partial charge in [0.15, 0.2) is 0 Å². The molecule has 1 fully saturated rings. The number of hydrogen-bond donors (Lipinski definition) is 2. The first kappa shape index (κ1) is 10.6. The molecule has 0 aromatic carbocycles. The van der Waals surface area contributed by atoms with Gasteiger partial charge in [0.05, 0.1) is 0 Å². The molecule has 5 nitrogen and oxygen atoms in total. The van der Waals surface area contributed by atoms with Gasteiger partial charge in [0.25, 0.3) is 0 Å². The van der Waals surface area contributed by atoms with Crippen LogP contribution < -0.4 is 11.1 Å². The fourth-order valence-electron chi connectivity index (χ4n) is 1.81. The molecule has 1 aliphatic rings. The fraction of sp³-hybridized carbons (Fsp3) is 0.778. The molecule has 0 atom stereocenters. The number of nitrogens with two attached hydrogens (primary N) is 1. The van der Waals surface area contributed by atoms with E-state index in [1.807, 2.05) is 0 Å². The number of nitrogens with one attached hydrogen (secondary N) is 1. The number of nitrogen functional groups attached to an aromatic ring is 1. The van der Waals surface area contributed by atoms with E-state index in [1.54, 1.807) is 0 Å². The maximum Gasteiger partial charge on any atom is 0.233 e. The first-order valence-electron chi connectivity index (χ1n) is 5.40. The zero-order valence-corrected chi connectivity index (χ0v) is 9.59. The van der Waals surface area contributed by atoms with Gasteiger partial charge in [0.2, 0.25) is 11.1 Å². The van der Waals surface area contributed by atoms with Crippen molar-refractivity contribution in [2.45, 2.75) is 19.3 Å². The van der Waals surface area contributed by atoms with Crippen molar-refractivity contribution in [2.75, 3.05) is 37.2 Å². The van der Waals surface area contributed by atoms with E-state index in [1.165, 1.54) is 44.0 Å². The molecule has 6 heteroatoms. The Morgan fingerprint density at radius 3 is 2.87 bits per heavy atom. The lowest BCUT2D eigenvalue weighted by atomic mass is 10.4. The van der Waals surface area contributed by atoms with Gasteiger partial charge < -0.3 is 16.0 Å². The Morgan fingerprint density at radius 1 is 1.40 bits per heavy atom. The van der Waals surface area contributed by atoms with Crippen LogP contribution in [0.25, 0.3) is 0 Å². The highest BCUT2D eigenvalue weighted by Crippen LogP contribution is 2.12. The van der Waals surface area contributed by atoms with Gasteiger partial charge in [-0.1, -0.05) is 0 Å². The summed E-state index contributed by atoms with van der Waals surface area (Å²) in [5, 5.41) is 4.06. The van der Waals surface area contributed by atoms with Crippen molar-refractivity contribution in [3.63, 3.8) is 0 Å². The van der Waals surface area contributed by atoms with Crippen LogP contribution in [0.3, 0.4) is 0 Å². The Morgan fingerprint density at radius 2 is 2.20 bits per heavy atom. The first-order chi connectivity index (χ1) is 7.34. The van der Waals surface area contributed by atoms with Gasteiger partial charge in [-0.05, 0) is 38.9 Å². The lowest BCUT2D eigenvalue weighted by molar-refractivity contribution is 0.337. The number of aromatic nitrogens is 2. The molecule has 0 saturated carbocycles. The summed E-state index contributed by atoms with van der Waals surface area (Å²) in [5.41, 5.74) is 5.42. The molecule has 3 N–H and O–H groups in total. The Labute approximate surface area is 93.9 Å². The quantitative estimate of drug-likeness (QED) is 0.735. The Hall–Kier alpha value is -0.880. The van der Waals surface area contributed by atoms with Crippen LogP contribution in [0.2, 0.25) is 0 Å². The normalized spacial score (nSPS) is 17.1. The molecule has 15 heavy (non-hydrogen) atoms. The molecule has 1 aromatic rings. The third kappa shape index (κ3) is 3.32. The van der Waals surface area contributed by atoms with Crippen molar-refractivity contribution in [2.24, 2.45) is 0 Å². The van der Waals surface area contributed by atoms with Crippen LogP contribution in [0.5, 0.6) is 0 Å². The van der Waals surface area contributed by atoms with E-state index >= 15 is 0 Å². The van der Waals surface area contributed by atoms with Crippen LogP contribution in [0.15, 0.2) is 0 Å². The van der Waals surface area contributed by atoms with Gasteiger partial charge in [-0.3, -0.25) is 0 Å². The molecular weight excluding hydrogens is 210 g/mol. The molecule has 84 valence electrons. The highest BCUT2D eigenvalue weighted by atomic mass is 32.1. The van der Waals surface area contributed by atoms with E-state index in [0.29, 0.717) is 5.95 Å². The molecule has 0 radical (unpaired) electrons. The van der Waals surface area contributed by atoms with E-state index in [-0.39, 0.29) is 0 Å². The molecule has 0 unspecified atom stereocenters. The van der Waals surface area contributed by atoms with Crippen molar-refractivity contribution < 1.29 is 0 Å². The van der Waals surface area contributed by atoms with Crippen molar-refractivity contribution in [1.29, 1.82) is 0 Å². The van der Waals surface area contributed by atoms with Crippen LogP contribution in [-0.4, -0.2) is 40.4 Å². The number of anilines is 2. The lowest BCUT2D eigenvalue weighted by Gasteiger charge is -2.13. The predicted molar refractivity (Wildman–Crippen MR) is 63.1 cm³/mol. The summed E-state index contributed by atoms with van der Waals surface area (Å²) in [6.07, 6.45) is 3.88. The minimum absolute atomic E-state index is 0.363. The molecule has 1 aliphatic heterocycles. The summed E-state index contributed by atoms with van der Waals surface area (Å²) < 4.78 is 3.91. The van der Waals surface area contributed by atoms with Crippen molar-refractivity contribution in [3.05, 3.63) is 0 Å². The van der Waals surface area contributed by atoms with Gasteiger partial charge in [-0.2, -0.15) is 9.36 Å². The van der Waals surface area contributed by atoms with E-state index < -0.39 is 0 Å². The maximum absolute atomic E-state index is 5.42. The van der Waals surface area contributed by atoms with Gasteiger partial charge in [-0.25, -0.2) is 0 Å². The van der Waals surface area contributed by atoms with Gasteiger partial charge in [0, 0.05) is 18.1 Å².